The standard InChI is InChI=1S/C13H8BrCl2NO2/c14-10-5-7(15)1-3-9(10)13(19)17-12-4-2-8(18)6-11(12)16/h1-6,18H,(H,17,19). The van der Waals surface area contributed by atoms with Crippen LogP contribution in [-0.4, -0.2) is 11.0 Å². The first kappa shape index (κ1) is 14.2. The summed E-state index contributed by atoms with van der Waals surface area (Å²) < 4.78 is 0.590. The number of phenols is 1. The summed E-state index contributed by atoms with van der Waals surface area (Å²) >= 11 is 15.0. The van der Waals surface area contributed by atoms with E-state index in [1.165, 1.54) is 18.2 Å². The lowest BCUT2D eigenvalue weighted by Crippen LogP contribution is -2.12. The minimum Gasteiger partial charge on any atom is -0.508 e. The number of halogens is 3. The number of hydrogen-bond acceptors (Lipinski definition) is 2. The Bertz CT molecular complexity index is 647. The molecule has 0 fully saturated rings. The van der Waals surface area contributed by atoms with Crippen LogP contribution < -0.4 is 5.32 Å². The van der Waals surface area contributed by atoms with E-state index < -0.39 is 0 Å². The Morgan fingerprint density at radius 2 is 1.89 bits per heavy atom. The van der Waals surface area contributed by atoms with E-state index in [4.69, 9.17) is 23.2 Å². The quantitative estimate of drug-likeness (QED) is 0.761. The first-order valence-corrected chi connectivity index (χ1v) is 6.77. The first-order chi connectivity index (χ1) is 8.97. The maximum Gasteiger partial charge on any atom is 0.256 e. The van der Waals surface area contributed by atoms with Crippen LogP contribution >= 0.6 is 39.1 Å². The van der Waals surface area contributed by atoms with E-state index in [0.717, 1.165) is 0 Å². The third kappa shape index (κ3) is 3.41. The number of phenolic OH excluding ortho intramolecular Hbond substituents is 1. The van der Waals surface area contributed by atoms with Gasteiger partial charge in [-0.3, -0.25) is 4.79 Å². The minimum atomic E-state index is -0.323. The normalized spacial score (nSPS) is 10.3. The summed E-state index contributed by atoms with van der Waals surface area (Å²) in [5, 5.41) is 12.7. The van der Waals surface area contributed by atoms with Crippen molar-refractivity contribution < 1.29 is 9.90 Å². The van der Waals surface area contributed by atoms with Gasteiger partial charge >= 0.3 is 0 Å². The molecule has 0 aliphatic rings. The molecular weight excluding hydrogens is 353 g/mol. The van der Waals surface area contributed by atoms with Crippen molar-refractivity contribution in [2.75, 3.05) is 5.32 Å². The molecule has 2 N–H and O–H groups in total. The van der Waals surface area contributed by atoms with E-state index in [2.05, 4.69) is 21.2 Å². The van der Waals surface area contributed by atoms with Gasteiger partial charge in [-0.15, -0.1) is 0 Å². The summed E-state index contributed by atoms with van der Waals surface area (Å²) in [5.41, 5.74) is 0.861. The molecule has 6 heteroatoms. The molecule has 0 saturated heterocycles. The summed E-state index contributed by atoms with van der Waals surface area (Å²) in [5.74, 6) is -0.285. The molecule has 0 bridgehead atoms. The molecule has 3 nitrogen and oxygen atoms in total. The van der Waals surface area contributed by atoms with E-state index in [1.807, 2.05) is 0 Å². The number of carbonyl (C=O) groups excluding carboxylic acids is 1. The van der Waals surface area contributed by atoms with Gasteiger partial charge in [0.2, 0.25) is 0 Å². The van der Waals surface area contributed by atoms with Crippen LogP contribution in [0.25, 0.3) is 0 Å². The number of hydrogen-bond donors (Lipinski definition) is 2. The molecule has 0 radical (unpaired) electrons. The van der Waals surface area contributed by atoms with Crippen molar-refractivity contribution in [3.8, 4) is 5.75 Å². The molecular formula is C13H8BrCl2NO2. The van der Waals surface area contributed by atoms with Crippen molar-refractivity contribution in [3.05, 3.63) is 56.5 Å². The topological polar surface area (TPSA) is 49.3 Å². The molecule has 2 aromatic carbocycles. The molecule has 0 aliphatic heterocycles. The average molecular weight is 361 g/mol. The minimum absolute atomic E-state index is 0.0377. The van der Waals surface area contributed by atoms with E-state index in [1.54, 1.807) is 18.2 Å². The molecule has 98 valence electrons. The monoisotopic (exact) mass is 359 g/mol. The van der Waals surface area contributed by atoms with Gasteiger partial charge in [-0.2, -0.15) is 0 Å². The van der Waals surface area contributed by atoms with Gasteiger partial charge in [0.15, 0.2) is 0 Å². The van der Waals surface area contributed by atoms with E-state index in [9.17, 15) is 9.90 Å². The van der Waals surface area contributed by atoms with Gasteiger partial charge < -0.3 is 10.4 Å². The smallest absolute Gasteiger partial charge is 0.256 e. The van der Waals surface area contributed by atoms with Gasteiger partial charge in [-0.1, -0.05) is 23.2 Å². The second-order valence-electron chi connectivity index (χ2n) is 3.74. The van der Waals surface area contributed by atoms with Crippen molar-refractivity contribution in [2.24, 2.45) is 0 Å². The van der Waals surface area contributed by atoms with Crippen molar-refractivity contribution >= 4 is 50.7 Å². The Morgan fingerprint density at radius 3 is 2.53 bits per heavy atom. The first-order valence-electron chi connectivity index (χ1n) is 5.22. The second kappa shape index (κ2) is 5.82. The Kier molecular flexibility index (Phi) is 4.34. The van der Waals surface area contributed by atoms with Crippen LogP contribution in [0.4, 0.5) is 5.69 Å². The summed E-state index contributed by atoms with van der Waals surface area (Å²) in [6, 6.07) is 9.19. The molecule has 0 aliphatic carbocycles. The summed E-state index contributed by atoms with van der Waals surface area (Å²) in [6.07, 6.45) is 0. The summed E-state index contributed by atoms with van der Waals surface area (Å²) in [4.78, 5) is 12.1. The average Bonchev–Trinajstić information content (AvgIpc) is 2.32. The lowest BCUT2D eigenvalue weighted by molar-refractivity contribution is 0.102. The molecule has 0 unspecified atom stereocenters. The lowest BCUT2D eigenvalue weighted by atomic mass is 10.2. The Morgan fingerprint density at radius 1 is 1.16 bits per heavy atom. The van der Waals surface area contributed by atoms with E-state index >= 15 is 0 Å². The number of carbonyl (C=O) groups is 1. The molecule has 2 rings (SSSR count). The van der Waals surface area contributed by atoms with Crippen LogP contribution in [0.2, 0.25) is 10.0 Å². The fraction of sp³-hybridized carbons (Fsp3) is 0. The fourth-order valence-electron chi connectivity index (χ4n) is 1.47. The number of amides is 1. The molecule has 0 spiro atoms. The van der Waals surface area contributed by atoms with Crippen LogP contribution in [0.5, 0.6) is 5.75 Å². The number of aromatic hydroxyl groups is 1. The van der Waals surface area contributed by atoms with Crippen molar-refractivity contribution in [2.45, 2.75) is 0 Å². The lowest BCUT2D eigenvalue weighted by Gasteiger charge is -2.09. The van der Waals surface area contributed by atoms with Gasteiger partial charge in [0.1, 0.15) is 5.75 Å². The summed E-state index contributed by atoms with van der Waals surface area (Å²) in [7, 11) is 0. The van der Waals surface area contributed by atoms with Crippen molar-refractivity contribution in [1.82, 2.24) is 0 Å². The number of benzene rings is 2. The highest BCUT2D eigenvalue weighted by Gasteiger charge is 2.12. The predicted octanol–water partition coefficient (Wildman–Crippen LogP) is 4.71. The Balaban J connectivity index is 2.25. The predicted molar refractivity (Wildman–Crippen MR) is 80.2 cm³/mol. The van der Waals surface area contributed by atoms with Gasteiger partial charge in [0.25, 0.3) is 5.91 Å². The largest absolute Gasteiger partial charge is 0.508 e. The molecule has 0 saturated carbocycles. The molecule has 0 aromatic heterocycles. The zero-order valence-electron chi connectivity index (χ0n) is 9.45. The number of nitrogens with one attached hydrogen (secondary N) is 1. The zero-order valence-corrected chi connectivity index (χ0v) is 12.6. The Labute approximate surface area is 128 Å². The SMILES string of the molecule is O=C(Nc1ccc(O)cc1Cl)c1ccc(Cl)cc1Br. The highest BCUT2D eigenvalue weighted by Crippen LogP contribution is 2.28. The third-order valence-corrected chi connectivity index (χ3v) is 3.58. The van der Waals surface area contributed by atoms with E-state index in [0.29, 0.717) is 20.7 Å². The second-order valence-corrected chi connectivity index (χ2v) is 5.44. The van der Waals surface area contributed by atoms with Crippen LogP contribution in [0.3, 0.4) is 0 Å². The molecule has 2 aromatic rings. The molecule has 1 amide bonds. The molecule has 19 heavy (non-hydrogen) atoms. The summed E-state index contributed by atoms with van der Waals surface area (Å²) in [6.45, 7) is 0. The van der Waals surface area contributed by atoms with Gasteiger partial charge in [0.05, 0.1) is 16.3 Å². The van der Waals surface area contributed by atoms with Crippen LogP contribution in [0, 0.1) is 0 Å². The van der Waals surface area contributed by atoms with E-state index in [-0.39, 0.29) is 16.7 Å². The van der Waals surface area contributed by atoms with Gasteiger partial charge in [-0.05, 0) is 46.3 Å². The van der Waals surface area contributed by atoms with Crippen LogP contribution in [0.15, 0.2) is 40.9 Å². The maximum atomic E-state index is 12.1. The van der Waals surface area contributed by atoms with Crippen LogP contribution in [-0.2, 0) is 0 Å². The highest BCUT2D eigenvalue weighted by atomic mass is 79.9. The molecule has 0 atom stereocenters. The van der Waals surface area contributed by atoms with Crippen molar-refractivity contribution in [1.29, 1.82) is 0 Å². The van der Waals surface area contributed by atoms with Crippen LogP contribution in [0.1, 0.15) is 10.4 Å². The Hall–Kier alpha value is -1.23. The van der Waals surface area contributed by atoms with Gasteiger partial charge in [0, 0.05) is 15.6 Å². The van der Waals surface area contributed by atoms with Gasteiger partial charge in [-0.25, -0.2) is 0 Å². The third-order valence-electron chi connectivity index (χ3n) is 2.38. The fourth-order valence-corrected chi connectivity index (χ4v) is 2.55. The maximum absolute atomic E-state index is 12.1. The highest BCUT2D eigenvalue weighted by molar-refractivity contribution is 9.10. The number of anilines is 1. The number of rotatable bonds is 2. The van der Waals surface area contributed by atoms with Crippen molar-refractivity contribution in [3.63, 3.8) is 0 Å². The molecule has 0 heterocycles. The zero-order chi connectivity index (χ0) is 14.0.